The van der Waals surface area contributed by atoms with Gasteiger partial charge >= 0.3 is 0 Å². The van der Waals surface area contributed by atoms with Crippen molar-refractivity contribution in [3.63, 3.8) is 0 Å². The van der Waals surface area contributed by atoms with Crippen LogP contribution in [0, 0.1) is 0 Å². The SMILES string of the molecule is C[C@H]1[C@@H](O)Oc2cc(C(N)=O)ccc2CN1C(=O)c1ccccc1. The zero-order valence-electron chi connectivity index (χ0n) is 13.2. The quantitative estimate of drug-likeness (QED) is 0.875. The molecule has 0 saturated heterocycles. The van der Waals surface area contributed by atoms with Crippen LogP contribution >= 0.6 is 0 Å². The minimum absolute atomic E-state index is 0.197. The summed E-state index contributed by atoms with van der Waals surface area (Å²) in [6.07, 6.45) is -1.21. The number of carbonyl (C=O) groups is 2. The van der Waals surface area contributed by atoms with Crippen molar-refractivity contribution in [1.29, 1.82) is 0 Å². The summed E-state index contributed by atoms with van der Waals surface area (Å²) in [6.45, 7) is 1.98. The van der Waals surface area contributed by atoms with Crippen LogP contribution in [0.5, 0.6) is 5.75 Å². The van der Waals surface area contributed by atoms with Gasteiger partial charge in [-0.05, 0) is 31.2 Å². The van der Waals surface area contributed by atoms with Crippen molar-refractivity contribution in [2.24, 2.45) is 5.73 Å². The third-order valence-corrected chi connectivity index (χ3v) is 4.13. The molecule has 0 radical (unpaired) electrons. The standard InChI is InChI=1S/C18H18N2O4/c1-11-18(23)24-15-9-13(16(19)21)7-8-14(15)10-20(11)17(22)12-5-3-2-4-6-12/h2-9,11,18,23H,10H2,1H3,(H2,19,21)/t11-,18-/m0/s1. The number of aliphatic hydroxyl groups excluding tert-OH is 1. The summed E-state index contributed by atoms with van der Waals surface area (Å²) >= 11 is 0. The monoisotopic (exact) mass is 326 g/mol. The molecule has 1 aliphatic rings. The highest BCUT2D eigenvalue weighted by molar-refractivity contribution is 5.95. The van der Waals surface area contributed by atoms with E-state index in [1.54, 1.807) is 48.2 Å². The van der Waals surface area contributed by atoms with E-state index in [0.717, 1.165) is 0 Å². The fourth-order valence-corrected chi connectivity index (χ4v) is 2.66. The normalized spacial score (nSPS) is 19.8. The van der Waals surface area contributed by atoms with Gasteiger partial charge in [-0.25, -0.2) is 0 Å². The van der Waals surface area contributed by atoms with Gasteiger partial charge in [-0.15, -0.1) is 0 Å². The van der Waals surface area contributed by atoms with E-state index < -0.39 is 18.2 Å². The molecule has 3 N–H and O–H groups in total. The molecule has 0 aliphatic carbocycles. The highest BCUT2D eigenvalue weighted by Crippen LogP contribution is 2.29. The highest BCUT2D eigenvalue weighted by atomic mass is 16.6. The van der Waals surface area contributed by atoms with Crippen LogP contribution in [0.4, 0.5) is 0 Å². The Bertz CT molecular complexity index is 776. The Balaban J connectivity index is 1.97. The summed E-state index contributed by atoms with van der Waals surface area (Å²) in [5.41, 5.74) is 6.80. The van der Waals surface area contributed by atoms with Crippen LogP contribution in [0.2, 0.25) is 0 Å². The molecule has 6 heteroatoms. The molecule has 6 nitrogen and oxygen atoms in total. The van der Waals surface area contributed by atoms with Gasteiger partial charge in [0.05, 0.1) is 12.6 Å². The maximum Gasteiger partial charge on any atom is 0.254 e. The fourth-order valence-electron chi connectivity index (χ4n) is 2.66. The van der Waals surface area contributed by atoms with Crippen LogP contribution in [0.15, 0.2) is 48.5 Å². The second kappa shape index (κ2) is 6.33. The fraction of sp³-hybridized carbons (Fsp3) is 0.222. The van der Waals surface area contributed by atoms with Gasteiger partial charge in [0.25, 0.3) is 5.91 Å². The van der Waals surface area contributed by atoms with Crippen molar-refractivity contribution in [2.45, 2.75) is 25.8 Å². The van der Waals surface area contributed by atoms with Gasteiger partial charge in [-0.3, -0.25) is 9.59 Å². The molecular formula is C18H18N2O4. The molecule has 0 aromatic heterocycles. The maximum absolute atomic E-state index is 12.8. The molecule has 2 amide bonds. The number of benzene rings is 2. The Hall–Kier alpha value is -2.86. The maximum atomic E-state index is 12.8. The third kappa shape index (κ3) is 2.96. The number of hydrogen-bond acceptors (Lipinski definition) is 4. The first-order valence-corrected chi connectivity index (χ1v) is 7.61. The van der Waals surface area contributed by atoms with Crippen LogP contribution < -0.4 is 10.5 Å². The van der Waals surface area contributed by atoms with E-state index in [2.05, 4.69) is 0 Å². The van der Waals surface area contributed by atoms with E-state index in [1.165, 1.54) is 6.07 Å². The summed E-state index contributed by atoms with van der Waals surface area (Å²) in [7, 11) is 0. The van der Waals surface area contributed by atoms with Gasteiger partial charge in [0, 0.05) is 16.7 Å². The average molecular weight is 326 g/mol. The molecule has 2 atom stereocenters. The Kier molecular flexibility index (Phi) is 4.22. The van der Waals surface area contributed by atoms with Crippen LogP contribution in [-0.2, 0) is 6.54 Å². The van der Waals surface area contributed by atoms with Crippen LogP contribution in [0.1, 0.15) is 33.2 Å². The van der Waals surface area contributed by atoms with Crippen molar-refractivity contribution >= 4 is 11.8 Å². The first kappa shape index (κ1) is 16.0. The molecule has 0 saturated carbocycles. The number of hydrogen-bond donors (Lipinski definition) is 2. The number of carbonyl (C=O) groups excluding carboxylic acids is 2. The highest BCUT2D eigenvalue weighted by Gasteiger charge is 2.32. The van der Waals surface area contributed by atoms with Crippen LogP contribution in [0.3, 0.4) is 0 Å². The molecule has 124 valence electrons. The Morgan fingerprint density at radius 2 is 1.88 bits per heavy atom. The number of nitrogens with zero attached hydrogens (tertiary/aromatic N) is 1. The van der Waals surface area contributed by atoms with Crippen molar-refractivity contribution in [1.82, 2.24) is 4.90 Å². The lowest BCUT2D eigenvalue weighted by atomic mass is 10.1. The van der Waals surface area contributed by atoms with Gasteiger partial charge in [-0.2, -0.15) is 0 Å². The number of rotatable bonds is 2. The minimum Gasteiger partial charge on any atom is -0.463 e. The number of fused-ring (bicyclic) bond motifs is 1. The number of primary amides is 1. The van der Waals surface area contributed by atoms with E-state index >= 15 is 0 Å². The second-order valence-corrected chi connectivity index (χ2v) is 5.73. The first-order chi connectivity index (χ1) is 11.5. The molecule has 0 fully saturated rings. The number of aliphatic hydroxyl groups is 1. The molecule has 24 heavy (non-hydrogen) atoms. The van der Waals surface area contributed by atoms with Gasteiger partial charge in [0.15, 0.2) is 0 Å². The predicted octanol–water partition coefficient (Wildman–Crippen LogP) is 1.53. The molecule has 0 bridgehead atoms. The summed E-state index contributed by atoms with van der Waals surface area (Å²) in [5, 5.41) is 10.3. The number of amides is 2. The zero-order valence-corrected chi connectivity index (χ0v) is 13.2. The van der Waals surface area contributed by atoms with E-state index in [9.17, 15) is 14.7 Å². The lowest BCUT2D eigenvalue weighted by Crippen LogP contribution is -2.45. The molecule has 3 rings (SSSR count). The predicted molar refractivity (Wildman–Crippen MR) is 87.4 cm³/mol. The molecule has 0 unspecified atom stereocenters. The lowest BCUT2D eigenvalue weighted by Gasteiger charge is -2.29. The molecule has 1 aliphatic heterocycles. The molecule has 2 aromatic carbocycles. The molecular weight excluding hydrogens is 308 g/mol. The van der Waals surface area contributed by atoms with Crippen molar-refractivity contribution < 1.29 is 19.4 Å². The topological polar surface area (TPSA) is 92.9 Å². The van der Waals surface area contributed by atoms with Crippen LogP contribution in [0.25, 0.3) is 0 Å². The third-order valence-electron chi connectivity index (χ3n) is 4.13. The Labute approximate surface area is 139 Å². The van der Waals surface area contributed by atoms with Gasteiger partial charge in [0.1, 0.15) is 5.75 Å². The van der Waals surface area contributed by atoms with Crippen molar-refractivity contribution in [3.05, 3.63) is 65.2 Å². The summed E-state index contributed by atoms with van der Waals surface area (Å²) < 4.78 is 5.53. The first-order valence-electron chi connectivity index (χ1n) is 7.61. The van der Waals surface area contributed by atoms with Gasteiger partial charge < -0.3 is 20.5 Å². The molecule has 1 heterocycles. The summed E-state index contributed by atoms with van der Waals surface area (Å²) in [5.74, 6) is -0.419. The van der Waals surface area contributed by atoms with E-state index in [-0.39, 0.29) is 18.0 Å². The summed E-state index contributed by atoms with van der Waals surface area (Å²) in [6, 6.07) is 13.1. The minimum atomic E-state index is -1.21. The van der Waals surface area contributed by atoms with E-state index in [0.29, 0.717) is 16.9 Å². The number of nitrogens with two attached hydrogens (primary N) is 1. The largest absolute Gasteiger partial charge is 0.463 e. The Morgan fingerprint density at radius 3 is 2.54 bits per heavy atom. The van der Waals surface area contributed by atoms with Crippen molar-refractivity contribution in [3.8, 4) is 5.75 Å². The van der Waals surface area contributed by atoms with Gasteiger partial charge in [0.2, 0.25) is 12.2 Å². The van der Waals surface area contributed by atoms with Gasteiger partial charge in [-0.1, -0.05) is 24.3 Å². The Morgan fingerprint density at radius 1 is 1.17 bits per heavy atom. The molecule has 0 spiro atoms. The second-order valence-electron chi connectivity index (χ2n) is 5.73. The molecule has 2 aromatic rings. The van der Waals surface area contributed by atoms with Crippen LogP contribution in [-0.4, -0.2) is 34.2 Å². The number of ether oxygens (including phenoxy) is 1. The van der Waals surface area contributed by atoms with E-state index in [4.69, 9.17) is 10.5 Å². The average Bonchev–Trinajstić information content (AvgIpc) is 2.71. The summed E-state index contributed by atoms with van der Waals surface area (Å²) in [4.78, 5) is 25.6. The van der Waals surface area contributed by atoms with Crippen molar-refractivity contribution in [2.75, 3.05) is 0 Å². The lowest BCUT2D eigenvalue weighted by molar-refractivity contribution is -0.0627. The van der Waals surface area contributed by atoms with E-state index in [1.807, 2.05) is 6.07 Å². The zero-order chi connectivity index (χ0) is 17.3. The smallest absolute Gasteiger partial charge is 0.254 e.